The van der Waals surface area contributed by atoms with Crippen LogP contribution < -0.4 is 5.73 Å². The smallest absolute Gasteiger partial charge is 0.308 e. The predicted molar refractivity (Wildman–Crippen MR) is 39.9 cm³/mol. The van der Waals surface area contributed by atoms with Gasteiger partial charge in [-0.2, -0.15) is 0 Å². The third-order valence-corrected chi connectivity index (χ3v) is 2.15. The van der Waals surface area contributed by atoms with E-state index in [1.54, 1.807) is 0 Å². The van der Waals surface area contributed by atoms with Gasteiger partial charge in [0, 0.05) is 12.8 Å². The number of carboxylic acid groups (broad SMARTS) is 1. The van der Waals surface area contributed by atoms with Crippen LogP contribution in [0.4, 0.5) is 0 Å². The summed E-state index contributed by atoms with van der Waals surface area (Å²) < 4.78 is 21.2. The molecule has 3 N–H and O–H groups in total. The molecule has 0 spiro atoms. The van der Waals surface area contributed by atoms with Crippen LogP contribution in [0.2, 0.25) is 0 Å². The number of hydrogen-bond donors (Lipinski definition) is 2. The predicted octanol–water partition coefficient (Wildman–Crippen LogP) is -1.31. The third kappa shape index (κ3) is 4.74. The molecule has 1 unspecified atom stereocenters. The lowest BCUT2D eigenvalue weighted by molar-refractivity contribution is -0.140. The highest BCUT2D eigenvalue weighted by molar-refractivity contribution is 7.90. The Balaban J connectivity index is 4.22. The molecule has 5 nitrogen and oxygen atoms in total. The Morgan fingerprint density at radius 3 is 2.18 bits per heavy atom. The Morgan fingerprint density at radius 2 is 2.09 bits per heavy atom. The molecule has 0 aliphatic rings. The molecule has 0 heterocycles. The number of rotatable bonds is 4. The molecular formula is C5H11NO4S. The maximum atomic E-state index is 10.6. The molecule has 0 aromatic carbocycles. The van der Waals surface area contributed by atoms with Crippen LogP contribution in [0.3, 0.4) is 0 Å². The van der Waals surface area contributed by atoms with E-state index in [0.717, 1.165) is 6.26 Å². The Morgan fingerprint density at radius 1 is 1.64 bits per heavy atom. The van der Waals surface area contributed by atoms with Gasteiger partial charge in [-0.3, -0.25) is 4.79 Å². The van der Waals surface area contributed by atoms with Crippen LogP contribution >= 0.6 is 0 Å². The molecule has 1 atom stereocenters. The lowest BCUT2D eigenvalue weighted by Crippen LogP contribution is -2.29. The van der Waals surface area contributed by atoms with Crippen molar-refractivity contribution in [1.82, 2.24) is 0 Å². The van der Waals surface area contributed by atoms with Gasteiger partial charge >= 0.3 is 5.97 Å². The summed E-state index contributed by atoms with van der Waals surface area (Å²) in [6.07, 6.45) is 0.985. The van der Waals surface area contributed by atoms with Crippen LogP contribution in [-0.4, -0.2) is 38.0 Å². The van der Waals surface area contributed by atoms with Crippen LogP contribution in [0.15, 0.2) is 0 Å². The first-order chi connectivity index (χ1) is 4.87. The van der Waals surface area contributed by atoms with E-state index in [9.17, 15) is 13.2 Å². The van der Waals surface area contributed by atoms with Crippen molar-refractivity contribution < 1.29 is 18.3 Å². The summed E-state index contributed by atoms with van der Waals surface area (Å²) in [6, 6.07) is 0. The van der Waals surface area contributed by atoms with E-state index in [0.29, 0.717) is 0 Å². The molecule has 0 rings (SSSR count). The molecule has 0 saturated heterocycles. The zero-order valence-corrected chi connectivity index (χ0v) is 6.97. The molecule has 0 aliphatic carbocycles. The number of nitrogens with two attached hydrogens (primary N) is 1. The van der Waals surface area contributed by atoms with E-state index >= 15 is 0 Å². The van der Waals surface area contributed by atoms with Gasteiger partial charge in [-0.1, -0.05) is 0 Å². The molecule has 0 bridgehead atoms. The molecule has 0 aliphatic heterocycles. The highest BCUT2D eigenvalue weighted by Gasteiger charge is 2.20. The molecule has 0 aromatic rings. The van der Waals surface area contributed by atoms with Crippen molar-refractivity contribution in [3.8, 4) is 0 Å². The Kier molecular flexibility index (Phi) is 3.47. The van der Waals surface area contributed by atoms with Crippen LogP contribution in [-0.2, 0) is 14.6 Å². The van der Waals surface area contributed by atoms with Crippen molar-refractivity contribution in [2.45, 2.75) is 0 Å². The lowest BCUT2D eigenvalue weighted by Gasteiger charge is -2.06. The summed E-state index contributed by atoms with van der Waals surface area (Å²) >= 11 is 0. The molecule has 0 saturated carbocycles. The summed E-state index contributed by atoms with van der Waals surface area (Å²) in [5.74, 6) is -2.54. The SMILES string of the molecule is CS(=O)(=O)CC(CN)C(=O)O. The van der Waals surface area contributed by atoms with Crippen LogP contribution in [0.1, 0.15) is 0 Å². The topological polar surface area (TPSA) is 97.5 Å². The number of aliphatic carboxylic acids is 1. The standard InChI is InChI=1S/C5H11NO4S/c1-11(9,10)3-4(2-6)5(7)8/h4H,2-3,6H2,1H3,(H,7,8). The average molecular weight is 181 g/mol. The Bertz CT molecular complexity index is 233. The van der Waals surface area contributed by atoms with E-state index in [4.69, 9.17) is 10.8 Å². The van der Waals surface area contributed by atoms with Gasteiger partial charge in [-0.15, -0.1) is 0 Å². The first kappa shape index (κ1) is 10.4. The van der Waals surface area contributed by atoms with Gasteiger partial charge in [0.05, 0.1) is 11.7 Å². The van der Waals surface area contributed by atoms with Crippen LogP contribution in [0, 0.1) is 5.92 Å². The van der Waals surface area contributed by atoms with Gasteiger partial charge < -0.3 is 10.8 Å². The normalized spacial score (nSPS) is 14.4. The quantitative estimate of drug-likeness (QED) is 0.561. The molecule has 11 heavy (non-hydrogen) atoms. The number of hydrogen-bond acceptors (Lipinski definition) is 4. The van der Waals surface area contributed by atoms with Crippen molar-refractivity contribution in [2.75, 3.05) is 18.6 Å². The van der Waals surface area contributed by atoms with E-state index in [-0.39, 0.29) is 6.54 Å². The lowest BCUT2D eigenvalue weighted by atomic mass is 10.2. The molecule has 0 fully saturated rings. The summed E-state index contributed by atoms with van der Waals surface area (Å²) in [5.41, 5.74) is 5.04. The van der Waals surface area contributed by atoms with E-state index in [1.165, 1.54) is 0 Å². The molecular weight excluding hydrogens is 170 g/mol. The average Bonchev–Trinajstić information content (AvgIpc) is 1.80. The van der Waals surface area contributed by atoms with Gasteiger partial charge in [-0.25, -0.2) is 8.42 Å². The van der Waals surface area contributed by atoms with E-state index in [2.05, 4.69) is 0 Å². The highest BCUT2D eigenvalue weighted by atomic mass is 32.2. The van der Waals surface area contributed by atoms with Gasteiger partial charge in [-0.05, 0) is 0 Å². The number of carbonyl (C=O) groups is 1. The highest BCUT2D eigenvalue weighted by Crippen LogP contribution is 1.98. The molecule has 6 heteroatoms. The van der Waals surface area contributed by atoms with Gasteiger partial charge in [0.15, 0.2) is 0 Å². The first-order valence-corrected chi connectivity index (χ1v) is 5.03. The zero-order valence-electron chi connectivity index (χ0n) is 6.15. The second kappa shape index (κ2) is 3.68. The van der Waals surface area contributed by atoms with Crippen molar-refractivity contribution in [2.24, 2.45) is 11.7 Å². The van der Waals surface area contributed by atoms with Crippen LogP contribution in [0.5, 0.6) is 0 Å². The minimum Gasteiger partial charge on any atom is -0.481 e. The third-order valence-electron chi connectivity index (χ3n) is 1.14. The summed E-state index contributed by atoms with van der Waals surface area (Å²) in [7, 11) is -3.24. The maximum Gasteiger partial charge on any atom is 0.308 e. The van der Waals surface area contributed by atoms with E-state index < -0.39 is 27.5 Å². The molecule has 0 amide bonds. The van der Waals surface area contributed by atoms with E-state index in [1.807, 2.05) is 0 Å². The maximum absolute atomic E-state index is 10.6. The van der Waals surface area contributed by atoms with Gasteiger partial charge in [0.2, 0.25) is 0 Å². The van der Waals surface area contributed by atoms with Crippen molar-refractivity contribution in [3.05, 3.63) is 0 Å². The fourth-order valence-corrected chi connectivity index (χ4v) is 1.62. The van der Waals surface area contributed by atoms with Crippen molar-refractivity contribution in [3.63, 3.8) is 0 Å². The summed E-state index contributed by atoms with van der Waals surface area (Å²) in [4.78, 5) is 10.3. The Labute approximate surface area is 65.1 Å². The molecule has 0 aromatic heterocycles. The zero-order chi connectivity index (χ0) is 9.07. The monoisotopic (exact) mass is 181 g/mol. The second-order valence-electron chi connectivity index (χ2n) is 2.36. The van der Waals surface area contributed by atoms with Crippen molar-refractivity contribution in [1.29, 1.82) is 0 Å². The second-order valence-corrected chi connectivity index (χ2v) is 4.55. The minimum absolute atomic E-state index is 0.150. The fourth-order valence-electron chi connectivity index (χ4n) is 0.606. The summed E-state index contributed by atoms with van der Waals surface area (Å²) in [5, 5.41) is 8.39. The summed E-state index contributed by atoms with van der Waals surface area (Å²) in [6.45, 7) is -0.150. The fraction of sp³-hybridized carbons (Fsp3) is 0.800. The number of carboxylic acids is 1. The molecule has 0 radical (unpaired) electrons. The number of sulfone groups is 1. The van der Waals surface area contributed by atoms with Gasteiger partial charge in [0.25, 0.3) is 0 Å². The minimum atomic E-state index is -3.24. The molecule has 66 valence electrons. The largest absolute Gasteiger partial charge is 0.481 e. The van der Waals surface area contributed by atoms with Crippen molar-refractivity contribution >= 4 is 15.8 Å². The van der Waals surface area contributed by atoms with Crippen LogP contribution in [0.25, 0.3) is 0 Å². The van der Waals surface area contributed by atoms with Gasteiger partial charge in [0.1, 0.15) is 9.84 Å². The first-order valence-electron chi connectivity index (χ1n) is 2.97. The Hall–Kier alpha value is -0.620.